The molecule has 0 aromatic carbocycles. The van der Waals surface area contributed by atoms with Gasteiger partial charge in [-0.2, -0.15) is 0 Å². The molecular weight excluding hydrogens is 328 g/mol. The number of aromatic amines is 1. The highest BCUT2D eigenvalue weighted by molar-refractivity contribution is 5.95. The lowest BCUT2D eigenvalue weighted by Gasteiger charge is -2.32. The number of amides is 1. The number of nitrogens with zero attached hydrogens (tertiary/aromatic N) is 5. The fraction of sp³-hybridized carbons (Fsp3) is 0.579. The van der Waals surface area contributed by atoms with Crippen molar-refractivity contribution >= 4 is 11.9 Å². The van der Waals surface area contributed by atoms with Crippen molar-refractivity contribution in [3.05, 3.63) is 35.7 Å². The average molecular weight is 354 g/mol. The maximum atomic E-state index is 13.0. The van der Waals surface area contributed by atoms with Gasteiger partial charge in [0, 0.05) is 50.7 Å². The Morgan fingerprint density at radius 2 is 2.00 bits per heavy atom. The number of aromatic nitrogens is 4. The number of piperidine rings is 2. The third kappa shape index (κ3) is 3.43. The molecule has 2 aliphatic rings. The van der Waals surface area contributed by atoms with Gasteiger partial charge in [0.15, 0.2) is 0 Å². The van der Waals surface area contributed by atoms with Crippen molar-refractivity contribution in [1.82, 2.24) is 24.8 Å². The van der Waals surface area contributed by atoms with Gasteiger partial charge in [0.05, 0.1) is 11.3 Å². The van der Waals surface area contributed by atoms with Crippen LogP contribution in [-0.4, -0.2) is 56.9 Å². The number of imidazole rings is 1. The molecule has 0 aliphatic carbocycles. The molecule has 138 valence electrons. The molecule has 0 unspecified atom stereocenters. The van der Waals surface area contributed by atoms with Crippen LogP contribution in [0.4, 0.5) is 5.95 Å². The second-order valence-corrected chi connectivity index (χ2v) is 7.28. The van der Waals surface area contributed by atoms with Gasteiger partial charge in [-0.25, -0.2) is 15.0 Å². The molecule has 7 nitrogen and oxygen atoms in total. The van der Waals surface area contributed by atoms with Crippen molar-refractivity contribution in [1.29, 1.82) is 0 Å². The predicted octanol–water partition coefficient (Wildman–Crippen LogP) is 2.52. The molecule has 1 N–H and O–H groups in total. The maximum Gasteiger partial charge on any atom is 0.257 e. The lowest BCUT2D eigenvalue weighted by atomic mass is 9.96. The van der Waals surface area contributed by atoms with E-state index in [2.05, 4.69) is 24.8 Å². The second kappa shape index (κ2) is 7.43. The molecule has 0 spiro atoms. The van der Waals surface area contributed by atoms with E-state index in [1.54, 1.807) is 12.4 Å². The largest absolute Gasteiger partial charge is 0.348 e. The topological polar surface area (TPSA) is 78.0 Å². The highest BCUT2D eigenvalue weighted by atomic mass is 16.2. The first-order valence-electron chi connectivity index (χ1n) is 9.59. The molecule has 2 aromatic heterocycles. The van der Waals surface area contributed by atoms with Gasteiger partial charge in [-0.3, -0.25) is 4.79 Å². The minimum absolute atomic E-state index is 0.0314. The smallest absolute Gasteiger partial charge is 0.257 e. The van der Waals surface area contributed by atoms with E-state index in [1.807, 2.05) is 18.0 Å². The number of carbonyl (C=O) groups excluding carboxylic acids is 1. The normalized spacial score (nSPS) is 21.0. The number of H-pyrrole nitrogens is 1. The Hall–Kier alpha value is -2.44. The minimum Gasteiger partial charge on any atom is -0.348 e. The number of likely N-dealkylation sites (tertiary alicyclic amines) is 1. The van der Waals surface area contributed by atoms with Gasteiger partial charge >= 0.3 is 0 Å². The van der Waals surface area contributed by atoms with Crippen LogP contribution in [0.3, 0.4) is 0 Å². The van der Waals surface area contributed by atoms with Crippen LogP contribution in [0, 0.1) is 6.92 Å². The minimum atomic E-state index is 0.0314. The van der Waals surface area contributed by atoms with Crippen molar-refractivity contribution in [3.63, 3.8) is 0 Å². The third-order valence-electron chi connectivity index (χ3n) is 5.45. The molecule has 0 radical (unpaired) electrons. The molecule has 0 saturated carbocycles. The summed E-state index contributed by atoms with van der Waals surface area (Å²) in [6.07, 6.45) is 11.0. The van der Waals surface area contributed by atoms with Gasteiger partial charge < -0.3 is 14.8 Å². The molecule has 2 fully saturated rings. The number of rotatable bonds is 3. The van der Waals surface area contributed by atoms with Crippen LogP contribution in [-0.2, 0) is 0 Å². The van der Waals surface area contributed by atoms with E-state index in [9.17, 15) is 4.79 Å². The zero-order valence-corrected chi connectivity index (χ0v) is 15.3. The van der Waals surface area contributed by atoms with Crippen LogP contribution in [0.5, 0.6) is 0 Å². The van der Waals surface area contributed by atoms with E-state index in [0.717, 1.165) is 49.9 Å². The fourth-order valence-corrected chi connectivity index (χ4v) is 3.97. The first kappa shape index (κ1) is 17.0. The SMILES string of the molecule is Cc1nc(N2CCCCC2)ncc1C(=O)N1CCC[C@H](c2ncc[nH]2)C1. The molecule has 1 amide bonds. The summed E-state index contributed by atoms with van der Waals surface area (Å²) in [7, 11) is 0. The zero-order chi connectivity index (χ0) is 17.9. The lowest BCUT2D eigenvalue weighted by molar-refractivity contribution is 0.0703. The van der Waals surface area contributed by atoms with Crippen LogP contribution in [0.15, 0.2) is 18.6 Å². The zero-order valence-electron chi connectivity index (χ0n) is 15.3. The van der Waals surface area contributed by atoms with E-state index in [4.69, 9.17) is 0 Å². The van der Waals surface area contributed by atoms with Gasteiger partial charge in [0.2, 0.25) is 5.95 Å². The molecule has 2 aromatic rings. The quantitative estimate of drug-likeness (QED) is 0.916. The predicted molar refractivity (Wildman–Crippen MR) is 99.3 cm³/mol. The highest BCUT2D eigenvalue weighted by Crippen LogP contribution is 2.26. The summed E-state index contributed by atoms with van der Waals surface area (Å²) < 4.78 is 0. The Balaban J connectivity index is 1.48. The Labute approximate surface area is 153 Å². The molecule has 2 saturated heterocycles. The number of nitrogens with one attached hydrogen (secondary N) is 1. The van der Waals surface area contributed by atoms with Crippen LogP contribution in [0.1, 0.15) is 59.9 Å². The van der Waals surface area contributed by atoms with E-state index in [1.165, 1.54) is 19.3 Å². The Morgan fingerprint density at radius 3 is 2.73 bits per heavy atom. The highest BCUT2D eigenvalue weighted by Gasteiger charge is 2.28. The third-order valence-corrected chi connectivity index (χ3v) is 5.45. The summed E-state index contributed by atoms with van der Waals surface area (Å²) in [6.45, 7) is 5.40. The van der Waals surface area contributed by atoms with Crippen molar-refractivity contribution in [2.45, 2.75) is 44.9 Å². The van der Waals surface area contributed by atoms with Crippen molar-refractivity contribution in [2.75, 3.05) is 31.1 Å². The Morgan fingerprint density at radius 1 is 1.15 bits per heavy atom. The van der Waals surface area contributed by atoms with E-state index < -0.39 is 0 Å². The Bertz CT molecular complexity index is 753. The molecule has 7 heteroatoms. The molecule has 1 atom stereocenters. The number of carbonyl (C=O) groups is 1. The summed E-state index contributed by atoms with van der Waals surface area (Å²) >= 11 is 0. The standard InChI is InChI=1S/C19H26N6O/c1-14-16(12-22-19(23-14)24-9-3-2-4-10-24)18(26)25-11-5-6-15(13-25)17-20-7-8-21-17/h7-8,12,15H,2-6,9-11,13H2,1H3,(H,20,21)/t15-/m0/s1. The van der Waals surface area contributed by atoms with Gasteiger partial charge in [-0.1, -0.05) is 0 Å². The first-order valence-corrected chi connectivity index (χ1v) is 9.59. The van der Waals surface area contributed by atoms with Gasteiger partial charge in [0.25, 0.3) is 5.91 Å². The number of anilines is 1. The van der Waals surface area contributed by atoms with Crippen molar-refractivity contribution in [3.8, 4) is 0 Å². The van der Waals surface area contributed by atoms with Gasteiger partial charge in [-0.15, -0.1) is 0 Å². The van der Waals surface area contributed by atoms with Crippen molar-refractivity contribution in [2.24, 2.45) is 0 Å². The van der Waals surface area contributed by atoms with Crippen LogP contribution < -0.4 is 4.90 Å². The van der Waals surface area contributed by atoms with E-state index in [-0.39, 0.29) is 11.8 Å². The molecular formula is C19H26N6O. The summed E-state index contributed by atoms with van der Waals surface area (Å²) in [5.74, 6) is 2.03. The first-order chi connectivity index (χ1) is 12.7. The second-order valence-electron chi connectivity index (χ2n) is 7.28. The Kier molecular flexibility index (Phi) is 4.86. The summed E-state index contributed by atoms with van der Waals surface area (Å²) in [4.78, 5) is 33.8. The summed E-state index contributed by atoms with van der Waals surface area (Å²) in [5, 5.41) is 0. The van der Waals surface area contributed by atoms with Gasteiger partial charge in [-0.05, 0) is 39.0 Å². The molecule has 2 aliphatic heterocycles. The monoisotopic (exact) mass is 354 g/mol. The van der Waals surface area contributed by atoms with Crippen LogP contribution in [0.2, 0.25) is 0 Å². The molecule has 26 heavy (non-hydrogen) atoms. The average Bonchev–Trinajstić information content (AvgIpc) is 3.23. The van der Waals surface area contributed by atoms with E-state index >= 15 is 0 Å². The van der Waals surface area contributed by atoms with Gasteiger partial charge in [0.1, 0.15) is 5.82 Å². The fourth-order valence-electron chi connectivity index (χ4n) is 3.97. The number of hydrogen-bond donors (Lipinski definition) is 1. The maximum absolute atomic E-state index is 13.0. The number of hydrogen-bond acceptors (Lipinski definition) is 5. The summed E-state index contributed by atoms with van der Waals surface area (Å²) in [5.41, 5.74) is 1.39. The number of aryl methyl sites for hydroxylation is 1. The van der Waals surface area contributed by atoms with Crippen LogP contribution in [0.25, 0.3) is 0 Å². The van der Waals surface area contributed by atoms with Crippen LogP contribution >= 0.6 is 0 Å². The summed E-state index contributed by atoms with van der Waals surface area (Å²) in [6, 6.07) is 0. The molecule has 4 heterocycles. The van der Waals surface area contributed by atoms with E-state index in [0.29, 0.717) is 12.1 Å². The molecule has 0 bridgehead atoms. The lowest BCUT2D eigenvalue weighted by Crippen LogP contribution is -2.40. The van der Waals surface area contributed by atoms with Crippen molar-refractivity contribution < 1.29 is 4.79 Å². The molecule has 4 rings (SSSR count).